The van der Waals surface area contributed by atoms with E-state index in [4.69, 9.17) is 17.3 Å². The van der Waals surface area contributed by atoms with Crippen LogP contribution in [0.3, 0.4) is 0 Å². The molecule has 18 heavy (non-hydrogen) atoms. The van der Waals surface area contributed by atoms with E-state index in [1.807, 2.05) is 0 Å². The van der Waals surface area contributed by atoms with Crippen LogP contribution in [-0.4, -0.2) is 25.8 Å². The molecular weight excluding hydrogens is 265 g/mol. The Morgan fingerprint density at radius 3 is 2.50 bits per heavy atom. The van der Waals surface area contributed by atoms with Crippen molar-refractivity contribution in [1.82, 2.24) is 0 Å². The largest absolute Gasteiger partial charge is 0.405 e. The molecule has 0 heterocycles. The summed E-state index contributed by atoms with van der Waals surface area (Å²) in [5.41, 5.74) is 6.81. The van der Waals surface area contributed by atoms with Gasteiger partial charge in [-0.05, 0) is 25.0 Å². The van der Waals surface area contributed by atoms with Crippen LogP contribution >= 0.6 is 11.6 Å². The molecule has 0 aromatic heterocycles. The third-order valence-corrected chi connectivity index (χ3v) is 2.72. The van der Waals surface area contributed by atoms with Gasteiger partial charge >= 0.3 is 6.18 Å². The molecule has 0 aliphatic carbocycles. The number of hydrogen-bond acceptors (Lipinski definition) is 2. The van der Waals surface area contributed by atoms with Gasteiger partial charge in [-0.25, -0.2) is 0 Å². The lowest BCUT2D eigenvalue weighted by Gasteiger charge is -2.25. The number of anilines is 1. The van der Waals surface area contributed by atoms with Crippen LogP contribution in [0, 0.1) is 0 Å². The SMILES string of the molecule is CC(N)Cc1cccc(Cl)c1N(C)CC(F)(F)F. The minimum Gasteiger partial charge on any atom is -0.364 e. The summed E-state index contributed by atoms with van der Waals surface area (Å²) < 4.78 is 37.2. The molecule has 0 saturated carbocycles. The van der Waals surface area contributed by atoms with Gasteiger partial charge in [0.25, 0.3) is 0 Å². The van der Waals surface area contributed by atoms with Crippen LogP contribution in [0.15, 0.2) is 18.2 Å². The number of nitrogens with two attached hydrogens (primary N) is 1. The predicted octanol–water partition coefficient (Wildman–Crippen LogP) is 3.23. The molecule has 0 fully saturated rings. The zero-order valence-corrected chi connectivity index (χ0v) is 11.0. The molecular formula is C12H16ClF3N2. The van der Waals surface area contributed by atoms with Crippen molar-refractivity contribution in [3.8, 4) is 0 Å². The van der Waals surface area contributed by atoms with E-state index >= 15 is 0 Å². The zero-order chi connectivity index (χ0) is 13.9. The van der Waals surface area contributed by atoms with E-state index in [-0.39, 0.29) is 6.04 Å². The molecule has 1 rings (SSSR count). The Bertz CT molecular complexity index is 405. The first-order chi connectivity index (χ1) is 8.20. The van der Waals surface area contributed by atoms with Crippen molar-refractivity contribution in [2.24, 2.45) is 5.73 Å². The van der Waals surface area contributed by atoms with Crippen molar-refractivity contribution in [3.63, 3.8) is 0 Å². The first-order valence-corrected chi connectivity index (χ1v) is 5.89. The highest BCUT2D eigenvalue weighted by Crippen LogP contribution is 2.31. The molecule has 0 saturated heterocycles. The number of hydrogen-bond donors (Lipinski definition) is 1. The molecule has 2 N–H and O–H groups in total. The van der Waals surface area contributed by atoms with E-state index in [0.29, 0.717) is 17.1 Å². The van der Waals surface area contributed by atoms with Crippen LogP contribution in [0.25, 0.3) is 0 Å². The fourth-order valence-electron chi connectivity index (χ4n) is 1.85. The molecule has 0 amide bonds. The molecule has 0 bridgehead atoms. The highest BCUT2D eigenvalue weighted by atomic mass is 35.5. The number of rotatable bonds is 4. The summed E-state index contributed by atoms with van der Waals surface area (Å²) in [4.78, 5) is 1.11. The molecule has 2 nitrogen and oxygen atoms in total. The van der Waals surface area contributed by atoms with Gasteiger partial charge in [-0.2, -0.15) is 13.2 Å². The average molecular weight is 281 g/mol. The van der Waals surface area contributed by atoms with Crippen molar-refractivity contribution in [2.45, 2.75) is 25.6 Å². The Labute approximate surface area is 110 Å². The second kappa shape index (κ2) is 5.80. The summed E-state index contributed by atoms with van der Waals surface area (Å²) in [5.74, 6) is 0. The van der Waals surface area contributed by atoms with E-state index in [2.05, 4.69) is 0 Å². The number of halogens is 4. The summed E-state index contributed by atoms with van der Waals surface area (Å²) >= 11 is 5.99. The smallest absolute Gasteiger partial charge is 0.364 e. The molecule has 6 heteroatoms. The third-order valence-electron chi connectivity index (χ3n) is 2.41. The van der Waals surface area contributed by atoms with Crippen LogP contribution < -0.4 is 10.6 Å². The van der Waals surface area contributed by atoms with E-state index in [1.165, 1.54) is 7.05 Å². The predicted molar refractivity (Wildman–Crippen MR) is 68.1 cm³/mol. The molecule has 0 spiro atoms. The number of alkyl halides is 3. The number of nitrogens with zero attached hydrogens (tertiary/aromatic N) is 1. The fraction of sp³-hybridized carbons (Fsp3) is 0.500. The maximum Gasteiger partial charge on any atom is 0.405 e. The highest BCUT2D eigenvalue weighted by Gasteiger charge is 2.30. The molecule has 0 radical (unpaired) electrons. The van der Waals surface area contributed by atoms with Crippen LogP contribution in [0.1, 0.15) is 12.5 Å². The summed E-state index contributed by atoms with van der Waals surface area (Å²) in [6.07, 6.45) is -3.78. The normalized spacial score (nSPS) is 13.5. The second-order valence-electron chi connectivity index (χ2n) is 4.40. The minimum atomic E-state index is -4.26. The molecule has 1 unspecified atom stereocenters. The number of benzene rings is 1. The van der Waals surface area contributed by atoms with Gasteiger partial charge in [0.15, 0.2) is 0 Å². The van der Waals surface area contributed by atoms with E-state index in [9.17, 15) is 13.2 Å². The second-order valence-corrected chi connectivity index (χ2v) is 4.81. The van der Waals surface area contributed by atoms with Crippen LogP contribution in [0.5, 0.6) is 0 Å². The lowest BCUT2D eigenvalue weighted by atomic mass is 10.0. The zero-order valence-electron chi connectivity index (χ0n) is 10.3. The van der Waals surface area contributed by atoms with Crippen molar-refractivity contribution < 1.29 is 13.2 Å². The molecule has 0 aliphatic heterocycles. The molecule has 1 atom stereocenters. The summed E-state index contributed by atoms with van der Waals surface area (Å²) in [6.45, 7) is 0.761. The molecule has 0 aliphatic rings. The van der Waals surface area contributed by atoms with Crippen LogP contribution in [0.4, 0.5) is 18.9 Å². The Morgan fingerprint density at radius 2 is 2.00 bits per heavy atom. The van der Waals surface area contributed by atoms with Gasteiger partial charge in [-0.15, -0.1) is 0 Å². The van der Waals surface area contributed by atoms with Gasteiger partial charge in [0.05, 0.1) is 10.7 Å². The van der Waals surface area contributed by atoms with Gasteiger partial charge < -0.3 is 10.6 Å². The number of para-hydroxylation sites is 1. The van der Waals surface area contributed by atoms with E-state index in [1.54, 1.807) is 25.1 Å². The van der Waals surface area contributed by atoms with Crippen molar-refractivity contribution in [1.29, 1.82) is 0 Å². The Morgan fingerprint density at radius 1 is 1.39 bits per heavy atom. The minimum absolute atomic E-state index is 0.137. The third kappa shape index (κ3) is 4.38. The maximum absolute atomic E-state index is 12.4. The van der Waals surface area contributed by atoms with Crippen LogP contribution in [0.2, 0.25) is 5.02 Å². The Hall–Kier alpha value is -0.940. The van der Waals surface area contributed by atoms with Gasteiger partial charge in [-0.3, -0.25) is 0 Å². The fourth-order valence-corrected chi connectivity index (χ4v) is 2.19. The Balaban J connectivity index is 3.05. The molecule has 1 aromatic carbocycles. The topological polar surface area (TPSA) is 29.3 Å². The first-order valence-electron chi connectivity index (χ1n) is 5.51. The quantitative estimate of drug-likeness (QED) is 0.917. The van der Waals surface area contributed by atoms with E-state index < -0.39 is 12.7 Å². The summed E-state index contributed by atoms with van der Waals surface area (Å²) in [5, 5.41) is 0.305. The first kappa shape index (κ1) is 15.1. The lowest BCUT2D eigenvalue weighted by Crippen LogP contribution is -2.32. The molecule has 1 aromatic rings. The van der Waals surface area contributed by atoms with Gasteiger partial charge in [-0.1, -0.05) is 23.7 Å². The average Bonchev–Trinajstić information content (AvgIpc) is 2.13. The van der Waals surface area contributed by atoms with Crippen molar-refractivity contribution in [2.75, 3.05) is 18.5 Å². The van der Waals surface area contributed by atoms with Gasteiger partial charge in [0.1, 0.15) is 6.54 Å². The highest BCUT2D eigenvalue weighted by molar-refractivity contribution is 6.33. The standard InChI is InChI=1S/C12H16ClF3N2/c1-8(17)6-9-4-3-5-10(13)11(9)18(2)7-12(14,15)16/h3-5,8H,6-7,17H2,1-2H3. The van der Waals surface area contributed by atoms with Gasteiger partial charge in [0.2, 0.25) is 0 Å². The monoisotopic (exact) mass is 280 g/mol. The molecule has 102 valence electrons. The van der Waals surface area contributed by atoms with Crippen molar-refractivity contribution in [3.05, 3.63) is 28.8 Å². The summed E-state index contributed by atoms with van der Waals surface area (Å²) in [6, 6.07) is 4.90. The lowest BCUT2D eigenvalue weighted by molar-refractivity contribution is -0.119. The van der Waals surface area contributed by atoms with Crippen LogP contribution in [-0.2, 0) is 6.42 Å². The van der Waals surface area contributed by atoms with E-state index in [0.717, 1.165) is 10.5 Å². The van der Waals surface area contributed by atoms with Crippen molar-refractivity contribution >= 4 is 17.3 Å². The van der Waals surface area contributed by atoms with Gasteiger partial charge in [0, 0.05) is 13.1 Å². The summed E-state index contributed by atoms with van der Waals surface area (Å²) in [7, 11) is 1.37. The maximum atomic E-state index is 12.4. The Kier molecular flexibility index (Phi) is 4.87.